The highest BCUT2D eigenvalue weighted by molar-refractivity contribution is 5.70. The van der Waals surface area contributed by atoms with Gasteiger partial charge in [-0.3, -0.25) is 19.6 Å². The van der Waals surface area contributed by atoms with Gasteiger partial charge in [-0.1, -0.05) is 121 Å². The number of anilines is 8. The second-order valence-electron chi connectivity index (χ2n) is 29.3. The quantitative estimate of drug-likeness (QED) is 0.0668. The van der Waals surface area contributed by atoms with Crippen LogP contribution >= 0.6 is 0 Å². The summed E-state index contributed by atoms with van der Waals surface area (Å²) in [6.45, 7) is 24.1. The zero-order valence-corrected chi connectivity index (χ0v) is 59.4. The molecule has 0 radical (unpaired) electrons. The van der Waals surface area contributed by atoms with Crippen molar-refractivity contribution in [1.82, 2.24) is 19.6 Å². The Kier molecular flexibility index (Phi) is 22.4. The fourth-order valence-corrected chi connectivity index (χ4v) is 17.6. The Morgan fingerprint density at radius 1 is 0.240 bits per heavy atom. The highest BCUT2D eigenvalue weighted by atomic mass is 16.3. The Morgan fingerprint density at radius 2 is 0.450 bits per heavy atom. The third-order valence-corrected chi connectivity index (χ3v) is 23.4. The van der Waals surface area contributed by atoms with Gasteiger partial charge in [0.1, 0.15) is 0 Å². The van der Waals surface area contributed by atoms with Gasteiger partial charge in [0.25, 0.3) is 0 Å². The largest absolute Gasteiger partial charge is 0.397 e. The minimum absolute atomic E-state index is 0.226. The van der Waals surface area contributed by atoms with Crippen molar-refractivity contribution in [2.75, 3.05) is 147 Å². The lowest BCUT2D eigenvalue weighted by atomic mass is 9.83. The number of benzene rings is 8. The summed E-state index contributed by atoms with van der Waals surface area (Å²) in [6, 6.07) is 59.2. The first-order valence-corrected chi connectivity index (χ1v) is 36.9. The van der Waals surface area contributed by atoms with Gasteiger partial charge in [0.05, 0.1) is 69.9 Å². The van der Waals surface area contributed by atoms with Gasteiger partial charge < -0.3 is 63.0 Å². The van der Waals surface area contributed by atoms with E-state index in [-0.39, 0.29) is 48.6 Å². The number of hydrogen-bond donors (Lipinski definition) is 8. The molecular formula is C84H108N12O4. The van der Waals surface area contributed by atoms with Crippen molar-refractivity contribution in [3.05, 3.63) is 237 Å². The smallest absolute Gasteiger partial charge is 0.0739 e. The Labute approximate surface area is 594 Å². The zero-order valence-electron chi connectivity index (χ0n) is 59.4. The van der Waals surface area contributed by atoms with Crippen LogP contribution in [0.15, 0.2) is 170 Å². The van der Waals surface area contributed by atoms with Gasteiger partial charge >= 0.3 is 0 Å². The van der Waals surface area contributed by atoms with E-state index in [0.29, 0.717) is 0 Å². The zero-order chi connectivity index (χ0) is 69.6. The van der Waals surface area contributed by atoms with Gasteiger partial charge in [0, 0.05) is 155 Å². The van der Waals surface area contributed by atoms with Crippen LogP contribution in [0.4, 0.5) is 45.5 Å². The van der Waals surface area contributed by atoms with E-state index in [0.717, 1.165) is 202 Å². The number of piperazine rings is 4. The molecule has 4 aliphatic heterocycles. The van der Waals surface area contributed by atoms with Gasteiger partial charge in [-0.25, -0.2) is 0 Å². The van der Waals surface area contributed by atoms with Gasteiger partial charge in [-0.15, -0.1) is 0 Å². The summed E-state index contributed by atoms with van der Waals surface area (Å²) in [5, 5.41) is 42.9. The number of aliphatic hydroxyl groups excluding tert-OH is 4. The van der Waals surface area contributed by atoms with E-state index in [9.17, 15) is 20.4 Å². The number of aryl methyl sites for hydroxylation is 4. The molecule has 4 saturated heterocycles. The van der Waals surface area contributed by atoms with Crippen molar-refractivity contribution < 1.29 is 20.4 Å². The second kappa shape index (κ2) is 31.8. The van der Waals surface area contributed by atoms with E-state index in [2.05, 4.69) is 164 Å². The third-order valence-electron chi connectivity index (χ3n) is 23.4. The minimum atomic E-state index is -0.276. The number of nitrogen functional groups attached to an aromatic ring is 4. The van der Waals surface area contributed by atoms with Crippen LogP contribution in [-0.4, -0.2) is 193 Å². The van der Waals surface area contributed by atoms with E-state index in [4.69, 9.17) is 22.9 Å². The van der Waals surface area contributed by atoms with Gasteiger partial charge in [0.2, 0.25) is 0 Å². The lowest BCUT2D eigenvalue weighted by Crippen LogP contribution is -2.56. The standard InChI is InChI=1S/4C21H27N3O/c2*1-15-5-4-6-16-13-21(25)20(14-17(15)16)24-11-9-23(10-12-24)19-8-3-2-7-18(19)22;2*1-15-5-4-6-16-13-20(21(25)14-17(15)16)24-11-9-23(10-12-24)19-8-3-2-7-18(19)22/h4*2-8,20-21,25H,9-14,22H2,1H3/t4*20-,21-/m1010/s1. The maximum atomic E-state index is 10.7. The Hall–Kier alpha value is -8.16. The van der Waals surface area contributed by atoms with Crippen molar-refractivity contribution in [3.8, 4) is 0 Å². The van der Waals surface area contributed by atoms with Gasteiger partial charge in [0.15, 0.2) is 0 Å². The molecule has 4 aliphatic carbocycles. The summed E-state index contributed by atoms with van der Waals surface area (Å²) < 4.78 is 0. The van der Waals surface area contributed by atoms with Crippen LogP contribution in [0.25, 0.3) is 0 Å². The number of hydrogen-bond acceptors (Lipinski definition) is 16. The maximum Gasteiger partial charge on any atom is 0.0739 e. The monoisotopic (exact) mass is 1350 g/mol. The van der Waals surface area contributed by atoms with Gasteiger partial charge in [-0.05, 0) is 169 Å². The fourth-order valence-electron chi connectivity index (χ4n) is 17.6. The van der Waals surface area contributed by atoms with Crippen molar-refractivity contribution in [1.29, 1.82) is 0 Å². The van der Waals surface area contributed by atoms with Crippen LogP contribution in [0.5, 0.6) is 0 Å². The molecule has 16 nitrogen and oxygen atoms in total. The Bertz CT molecular complexity index is 3780. The molecule has 528 valence electrons. The van der Waals surface area contributed by atoms with Gasteiger partial charge in [-0.2, -0.15) is 0 Å². The number of rotatable bonds is 8. The first-order chi connectivity index (χ1) is 48.5. The molecule has 0 unspecified atom stereocenters. The molecule has 8 aromatic rings. The van der Waals surface area contributed by atoms with Crippen LogP contribution in [0.1, 0.15) is 66.8 Å². The fraction of sp³-hybridized carbons (Fsp3) is 0.429. The highest BCUT2D eigenvalue weighted by Crippen LogP contribution is 2.36. The molecule has 16 rings (SSSR count). The molecule has 8 aliphatic rings. The summed E-state index contributed by atoms with van der Waals surface area (Å²) in [4.78, 5) is 19.3. The summed E-state index contributed by atoms with van der Waals surface area (Å²) >= 11 is 0. The molecule has 4 fully saturated rings. The van der Waals surface area contributed by atoms with E-state index >= 15 is 0 Å². The first-order valence-electron chi connectivity index (χ1n) is 36.9. The van der Waals surface area contributed by atoms with E-state index in [1.54, 1.807) is 0 Å². The number of para-hydroxylation sites is 8. The van der Waals surface area contributed by atoms with E-state index in [1.165, 1.54) is 66.8 Å². The first kappa shape index (κ1) is 70.3. The average molecular weight is 1350 g/mol. The van der Waals surface area contributed by atoms with Crippen molar-refractivity contribution in [2.24, 2.45) is 0 Å². The Morgan fingerprint density at radius 3 is 0.700 bits per heavy atom. The molecule has 0 bridgehead atoms. The molecule has 0 spiro atoms. The lowest BCUT2D eigenvalue weighted by molar-refractivity contribution is 0.0393. The normalized spacial score (nSPS) is 24.2. The SMILES string of the molecule is Cc1cccc2c1C[C@@H](N1CCN(c3ccccc3N)CC1)[C@H](O)C2.Cc1cccc2c1C[C@@H](O)[C@H](N1CCN(c3ccccc3N)CC1)C2.Cc1cccc2c1C[C@H](N1CCN(c3ccccc3N)CC1)[C@@H](O)C2.Cc1cccc2c1C[C@H](O)[C@@H](N1CCN(c3ccccc3N)CC1)C2. The topological polar surface area (TPSA) is 211 Å². The molecule has 8 aromatic carbocycles. The van der Waals surface area contributed by atoms with Crippen molar-refractivity contribution in [3.63, 3.8) is 0 Å². The molecule has 8 atom stereocenters. The minimum Gasteiger partial charge on any atom is -0.397 e. The highest BCUT2D eigenvalue weighted by Gasteiger charge is 2.39. The molecular weight excluding hydrogens is 1240 g/mol. The third kappa shape index (κ3) is 15.8. The van der Waals surface area contributed by atoms with E-state index < -0.39 is 0 Å². The molecule has 16 heteroatoms. The second-order valence-corrected chi connectivity index (χ2v) is 29.3. The maximum absolute atomic E-state index is 10.7. The molecule has 12 N–H and O–H groups in total. The lowest BCUT2D eigenvalue weighted by Gasteiger charge is -2.44. The number of nitrogens with zero attached hydrogens (tertiary/aromatic N) is 8. The van der Waals surface area contributed by atoms with E-state index in [1.807, 2.05) is 72.8 Å². The van der Waals surface area contributed by atoms with Crippen LogP contribution < -0.4 is 42.5 Å². The summed E-state index contributed by atoms with van der Waals surface area (Å²) in [5.41, 5.74) is 48.7. The predicted molar refractivity (Wildman–Crippen MR) is 412 cm³/mol. The van der Waals surface area contributed by atoms with Crippen LogP contribution in [0.3, 0.4) is 0 Å². The van der Waals surface area contributed by atoms with Crippen molar-refractivity contribution >= 4 is 45.5 Å². The molecule has 4 heterocycles. The number of fused-ring (bicyclic) bond motifs is 4. The van der Waals surface area contributed by atoms with Crippen LogP contribution in [0.2, 0.25) is 0 Å². The summed E-state index contributed by atoms with van der Waals surface area (Å²) in [7, 11) is 0. The molecule has 100 heavy (non-hydrogen) atoms. The predicted octanol–water partition coefficient (Wildman–Crippen LogP) is 8.91. The summed E-state index contributed by atoms with van der Waals surface area (Å²) in [5.74, 6) is 0. The summed E-state index contributed by atoms with van der Waals surface area (Å²) in [6.07, 6.45) is 5.80. The van der Waals surface area contributed by atoms with Crippen molar-refractivity contribution in [2.45, 2.75) is 128 Å². The molecule has 0 aromatic heterocycles. The average Bonchev–Trinajstić information content (AvgIpc) is 0.803. The number of nitrogens with two attached hydrogens (primary N) is 4. The number of aliphatic hydroxyl groups is 4. The van der Waals surface area contributed by atoms with Crippen LogP contribution in [-0.2, 0) is 51.4 Å². The molecule has 0 amide bonds. The molecule has 0 saturated carbocycles. The Balaban J connectivity index is 0.000000119. The van der Waals surface area contributed by atoms with Crippen LogP contribution in [0, 0.1) is 27.7 Å².